The van der Waals surface area contributed by atoms with Gasteiger partial charge in [0.15, 0.2) is 0 Å². The van der Waals surface area contributed by atoms with Gasteiger partial charge in [-0.15, -0.1) is 0 Å². The SMILES string of the molecule is O=C(c1ccc(S(=O)(=O)n2cc(-c3ccccc3)c3ccccc32)cc1)N1CCCC(O)C1. The Balaban J connectivity index is 1.51. The van der Waals surface area contributed by atoms with E-state index >= 15 is 0 Å². The second-order valence-electron chi connectivity index (χ2n) is 8.30. The summed E-state index contributed by atoms with van der Waals surface area (Å²) in [5.41, 5.74) is 2.78. The minimum absolute atomic E-state index is 0.109. The third kappa shape index (κ3) is 3.94. The van der Waals surface area contributed by atoms with Gasteiger partial charge in [0.05, 0.1) is 16.5 Å². The molecule has 3 aromatic carbocycles. The highest BCUT2D eigenvalue weighted by atomic mass is 32.2. The quantitative estimate of drug-likeness (QED) is 0.496. The van der Waals surface area contributed by atoms with E-state index in [1.54, 1.807) is 29.3 Å². The molecule has 33 heavy (non-hydrogen) atoms. The lowest BCUT2D eigenvalue weighted by atomic mass is 10.1. The fourth-order valence-corrected chi connectivity index (χ4v) is 5.77. The van der Waals surface area contributed by atoms with E-state index in [1.807, 2.05) is 48.5 Å². The number of hydrogen-bond donors (Lipinski definition) is 1. The lowest BCUT2D eigenvalue weighted by Gasteiger charge is -2.30. The number of hydrogen-bond acceptors (Lipinski definition) is 4. The number of piperidine rings is 1. The number of aliphatic hydroxyl groups excluding tert-OH is 1. The van der Waals surface area contributed by atoms with Crippen molar-refractivity contribution in [3.63, 3.8) is 0 Å². The summed E-state index contributed by atoms with van der Waals surface area (Å²) in [4.78, 5) is 14.5. The van der Waals surface area contributed by atoms with Gasteiger partial charge >= 0.3 is 0 Å². The van der Waals surface area contributed by atoms with Gasteiger partial charge in [-0.2, -0.15) is 0 Å². The van der Waals surface area contributed by atoms with Crippen molar-refractivity contribution < 1.29 is 18.3 Å². The number of β-amino-alcohol motifs (C(OH)–C–C–N with tert-alkyl or cyclic N) is 1. The van der Waals surface area contributed by atoms with Crippen molar-refractivity contribution in [1.29, 1.82) is 0 Å². The van der Waals surface area contributed by atoms with Crippen molar-refractivity contribution in [1.82, 2.24) is 8.87 Å². The van der Waals surface area contributed by atoms with E-state index in [0.29, 0.717) is 30.6 Å². The van der Waals surface area contributed by atoms with Crippen LogP contribution in [0.3, 0.4) is 0 Å². The van der Waals surface area contributed by atoms with Gasteiger partial charge in [-0.05, 0) is 48.7 Å². The lowest BCUT2D eigenvalue weighted by molar-refractivity contribution is 0.0473. The number of aromatic nitrogens is 1. The van der Waals surface area contributed by atoms with Crippen LogP contribution in [-0.2, 0) is 10.0 Å². The summed E-state index contributed by atoms with van der Waals surface area (Å²) in [5.74, 6) is -0.199. The van der Waals surface area contributed by atoms with E-state index in [0.717, 1.165) is 22.9 Å². The number of fused-ring (bicyclic) bond motifs is 1. The van der Waals surface area contributed by atoms with Crippen LogP contribution >= 0.6 is 0 Å². The van der Waals surface area contributed by atoms with Crippen LogP contribution in [0.15, 0.2) is 90.0 Å². The Bertz CT molecular complexity index is 1410. The number of likely N-dealkylation sites (tertiary alicyclic amines) is 1. The maximum atomic E-state index is 13.6. The molecule has 1 aliphatic rings. The number of carbonyl (C=O) groups is 1. The molecule has 1 unspecified atom stereocenters. The largest absolute Gasteiger partial charge is 0.391 e. The van der Waals surface area contributed by atoms with Crippen LogP contribution in [0.4, 0.5) is 0 Å². The minimum Gasteiger partial charge on any atom is -0.391 e. The number of nitrogens with zero attached hydrogens (tertiary/aromatic N) is 2. The van der Waals surface area contributed by atoms with Crippen molar-refractivity contribution in [2.24, 2.45) is 0 Å². The zero-order chi connectivity index (χ0) is 23.0. The fourth-order valence-electron chi connectivity index (χ4n) is 4.40. The summed E-state index contributed by atoms with van der Waals surface area (Å²) in [6, 6.07) is 23.1. The highest BCUT2D eigenvalue weighted by Crippen LogP contribution is 2.33. The topological polar surface area (TPSA) is 79.6 Å². The van der Waals surface area contributed by atoms with E-state index in [9.17, 15) is 18.3 Å². The van der Waals surface area contributed by atoms with Crippen molar-refractivity contribution in [2.45, 2.75) is 23.8 Å². The van der Waals surface area contributed by atoms with Crippen LogP contribution in [0.25, 0.3) is 22.0 Å². The van der Waals surface area contributed by atoms with Crippen LogP contribution < -0.4 is 0 Å². The zero-order valence-corrected chi connectivity index (χ0v) is 18.8. The van der Waals surface area contributed by atoms with Gasteiger partial charge in [0, 0.05) is 35.8 Å². The predicted octanol–water partition coefficient (Wildman–Crippen LogP) is 4.14. The molecular formula is C26H24N2O4S. The molecule has 1 N–H and O–H groups in total. The Morgan fingerprint density at radius 3 is 2.33 bits per heavy atom. The summed E-state index contributed by atoms with van der Waals surface area (Å²) in [7, 11) is -3.88. The highest BCUT2D eigenvalue weighted by Gasteiger charge is 2.25. The molecule has 0 radical (unpaired) electrons. The summed E-state index contributed by atoms with van der Waals surface area (Å²) in [6.45, 7) is 0.893. The third-order valence-electron chi connectivity index (χ3n) is 6.10. The van der Waals surface area contributed by atoms with Gasteiger partial charge in [0.1, 0.15) is 0 Å². The Hall–Kier alpha value is -3.42. The monoisotopic (exact) mass is 460 g/mol. The van der Waals surface area contributed by atoms with Crippen molar-refractivity contribution in [2.75, 3.05) is 13.1 Å². The average molecular weight is 461 g/mol. The molecule has 6 nitrogen and oxygen atoms in total. The van der Waals surface area contributed by atoms with Crippen LogP contribution in [0.5, 0.6) is 0 Å². The molecule has 7 heteroatoms. The zero-order valence-electron chi connectivity index (χ0n) is 18.0. The van der Waals surface area contributed by atoms with Gasteiger partial charge in [-0.25, -0.2) is 12.4 Å². The molecule has 0 aliphatic carbocycles. The molecule has 1 fully saturated rings. The molecule has 0 bridgehead atoms. The van der Waals surface area contributed by atoms with Gasteiger partial charge in [0.25, 0.3) is 15.9 Å². The van der Waals surface area contributed by atoms with Gasteiger partial charge in [0.2, 0.25) is 0 Å². The highest BCUT2D eigenvalue weighted by molar-refractivity contribution is 7.90. The van der Waals surface area contributed by atoms with Crippen molar-refractivity contribution in [3.8, 4) is 11.1 Å². The molecule has 0 saturated carbocycles. The first-order valence-corrected chi connectivity index (χ1v) is 12.4. The molecule has 1 saturated heterocycles. The standard InChI is InChI=1S/C26H24N2O4S/c29-21-9-6-16-27(17-21)26(30)20-12-14-22(15-13-20)33(31,32)28-18-24(19-7-2-1-3-8-19)23-10-4-5-11-25(23)28/h1-5,7-8,10-15,18,21,29H,6,9,16-17H2. The van der Waals surface area contributed by atoms with Crippen LogP contribution in [0.2, 0.25) is 0 Å². The minimum atomic E-state index is -3.88. The predicted molar refractivity (Wildman–Crippen MR) is 128 cm³/mol. The summed E-state index contributed by atoms with van der Waals surface area (Å²) in [5, 5.41) is 10.7. The molecule has 1 aliphatic heterocycles. The van der Waals surface area contributed by atoms with Gasteiger partial charge in [-0.3, -0.25) is 4.79 Å². The van der Waals surface area contributed by atoms with Gasteiger partial charge in [-0.1, -0.05) is 48.5 Å². The molecule has 1 amide bonds. The maximum absolute atomic E-state index is 13.6. The van der Waals surface area contributed by atoms with Crippen LogP contribution in [-0.4, -0.2) is 47.5 Å². The normalized spacial score (nSPS) is 16.8. The van der Waals surface area contributed by atoms with E-state index < -0.39 is 16.1 Å². The van der Waals surface area contributed by atoms with Gasteiger partial charge < -0.3 is 10.0 Å². The Morgan fingerprint density at radius 2 is 1.61 bits per heavy atom. The summed E-state index contributed by atoms with van der Waals surface area (Å²) < 4.78 is 28.4. The summed E-state index contributed by atoms with van der Waals surface area (Å²) >= 11 is 0. The number of carbonyl (C=O) groups excluding carboxylic acids is 1. The number of aliphatic hydroxyl groups is 1. The first-order chi connectivity index (χ1) is 15.9. The molecule has 1 aromatic heterocycles. The first kappa shape index (κ1) is 21.4. The maximum Gasteiger partial charge on any atom is 0.268 e. The summed E-state index contributed by atoms with van der Waals surface area (Å²) in [6.07, 6.45) is 2.59. The molecule has 0 spiro atoms. The fraction of sp³-hybridized carbons (Fsp3) is 0.192. The molecule has 1 atom stereocenters. The van der Waals surface area contributed by atoms with Crippen LogP contribution in [0, 0.1) is 0 Å². The Morgan fingerprint density at radius 1 is 0.909 bits per heavy atom. The molecule has 2 heterocycles. The second kappa shape index (κ2) is 8.50. The number of para-hydroxylation sites is 1. The smallest absolute Gasteiger partial charge is 0.268 e. The molecule has 168 valence electrons. The molecule has 5 rings (SSSR count). The molecular weight excluding hydrogens is 436 g/mol. The van der Waals surface area contributed by atoms with Crippen molar-refractivity contribution in [3.05, 3.63) is 90.6 Å². The Labute approximate surface area is 192 Å². The van der Waals surface area contributed by atoms with Crippen LogP contribution in [0.1, 0.15) is 23.2 Å². The van der Waals surface area contributed by atoms with E-state index in [4.69, 9.17) is 0 Å². The van der Waals surface area contributed by atoms with E-state index in [1.165, 1.54) is 16.1 Å². The molecule has 4 aromatic rings. The van der Waals surface area contributed by atoms with E-state index in [-0.39, 0.29) is 10.8 Å². The van der Waals surface area contributed by atoms with Crippen molar-refractivity contribution >= 4 is 26.8 Å². The third-order valence-corrected chi connectivity index (χ3v) is 7.79. The lowest BCUT2D eigenvalue weighted by Crippen LogP contribution is -2.42. The van der Waals surface area contributed by atoms with E-state index in [2.05, 4.69) is 0 Å². The number of amides is 1. The first-order valence-electron chi connectivity index (χ1n) is 10.9. The number of rotatable bonds is 4. The Kier molecular flexibility index (Phi) is 5.52. The average Bonchev–Trinajstić information content (AvgIpc) is 3.25. The second-order valence-corrected chi connectivity index (χ2v) is 10.1. The number of benzene rings is 3.